The molecule has 1 heterocycles. The quantitative estimate of drug-likeness (QED) is 0.840. The number of aromatic nitrogens is 3. The van der Waals surface area contributed by atoms with E-state index < -0.39 is 0 Å². The topological polar surface area (TPSA) is 76.7 Å². The highest BCUT2D eigenvalue weighted by Gasteiger charge is 2.38. The zero-order valence-electron chi connectivity index (χ0n) is 10.8. The highest BCUT2D eigenvalue weighted by Crippen LogP contribution is 2.37. The molecule has 0 radical (unpaired) electrons. The summed E-state index contributed by atoms with van der Waals surface area (Å²) in [5, 5.41) is 6.86. The van der Waals surface area contributed by atoms with Crippen LogP contribution < -0.4 is 11.4 Å². The van der Waals surface area contributed by atoms with Gasteiger partial charge in [0.2, 0.25) is 0 Å². The van der Waals surface area contributed by atoms with Crippen molar-refractivity contribution in [3.63, 3.8) is 0 Å². The third-order valence-electron chi connectivity index (χ3n) is 4.59. The van der Waals surface area contributed by atoms with Crippen molar-refractivity contribution in [1.82, 2.24) is 14.8 Å². The van der Waals surface area contributed by atoms with E-state index in [4.69, 9.17) is 5.73 Å². The predicted octanol–water partition coefficient (Wildman–Crippen LogP) is 1.80. The molecule has 3 rings (SSSR count). The fraction of sp³-hybridized carbons (Fsp3) is 0.846. The highest BCUT2D eigenvalue weighted by molar-refractivity contribution is 5.09. The summed E-state index contributed by atoms with van der Waals surface area (Å²) in [6.45, 7) is 0. The molecular weight excluding hydrogens is 228 g/mol. The number of nitrogens with two attached hydrogens (primary N) is 1. The second-order valence-corrected chi connectivity index (χ2v) is 5.88. The van der Waals surface area contributed by atoms with Crippen LogP contribution in [-0.4, -0.2) is 14.8 Å². The van der Waals surface area contributed by atoms with Crippen molar-refractivity contribution in [1.29, 1.82) is 0 Å². The lowest BCUT2D eigenvalue weighted by molar-refractivity contribution is 0.310. The Morgan fingerprint density at radius 1 is 1.17 bits per heavy atom. The molecule has 2 aliphatic rings. The Bertz CT molecular complexity index is 464. The van der Waals surface area contributed by atoms with E-state index in [9.17, 15) is 4.79 Å². The molecule has 0 amide bonds. The third-order valence-corrected chi connectivity index (χ3v) is 4.59. The molecule has 5 nitrogen and oxygen atoms in total. The van der Waals surface area contributed by atoms with E-state index in [0.717, 1.165) is 44.3 Å². The zero-order chi connectivity index (χ0) is 12.6. The fourth-order valence-corrected chi connectivity index (χ4v) is 3.56. The molecule has 5 heteroatoms. The van der Waals surface area contributed by atoms with Crippen molar-refractivity contribution in [2.24, 2.45) is 5.73 Å². The minimum Gasteiger partial charge on any atom is -0.319 e. The molecule has 0 aromatic carbocycles. The summed E-state index contributed by atoms with van der Waals surface area (Å²) in [5.41, 5.74) is 6.01. The molecule has 0 saturated heterocycles. The Balaban J connectivity index is 1.97. The molecule has 0 spiro atoms. The standard InChI is InChI=1S/C13H22N4O/c14-13(8-4-5-9-13)11-15-16-12(18)17(11)10-6-2-1-3-7-10/h10H,1-9,14H2,(H,16,18). The van der Waals surface area contributed by atoms with Crippen molar-refractivity contribution in [3.05, 3.63) is 16.3 Å². The van der Waals surface area contributed by atoms with E-state index in [1.807, 2.05) is 4.57 Å². The molecule has 2 aliphatic carbocycles. The number of hydrogen-bond acceptors (Lipinski definition) is 3. The molecule has 0 unspecified atom stereocenters. The van der Waals surface area contributed by atoms with Gasteiger partial charge in [0.25, 0.3) is 0 Å². The van der Waals surface area contributed by atoms with Crippen LogP contribution in [0, 0.1) is 0 Å². The molecule has 18 heavy (non-hydrogen) atoms. The zero-order valence-corrected chi connectivity index (χ0v) is 10.8. The first-order valence-electron chi connectivity index (χ1n) is 7.17. The van der Waals surface area contributed by atoms with Crippen LogP contribution in [0.1, 0.15) is 69.7 Å². The Hall–Kier alpha value is -1.10. The van der Waals surface area contributed by atoms with E-state index in [1.165, 1.54) is 19.3 Å². The average Bonchev–Trinajstić information content (AvgIpc) is 2.98. The van der Waals surface area contributed by atoms with Gasteiger partial charge >= 0.3 is 5.69 Å². The number of rotatable bonds is 2. The summed E-state index contributed by atoms with van der Waals surface area (Å²) in [6, 6.07) is 0.307. The molecule has 1 aromatic heterocycles. The monoisotopic (exact) mass is 250 g/mol. The van der Waals surface area contributed by atoms with E-state index in [0.29, 0.717) is 6.04 Å². The maximum atomic E-state index is 12.0. The Morgan fingerprint density at radius 3 is 2.50 bits per heavy atom. The third kappa shape index (κ3) is 1.90. The summed E-state index contributed by atoms with van der Waals surface area (Å²) in [7, 11) is 0. The first kappa shape index (κ1) is 12.0. The van der Waals surface area contributed by atoms with Gasteiger partial charge in [0, 0.05) is 6.04 Å². The van der Waals surface area contributed by atoms with Crippen LogP contribution in [0.15, 0.2) is 4.79 Å². The lowest BCUT2D eigenvalue weighted by atomic mass is 9.93. The van der Waals surface area contributed by atoms with Crippen LogP contribution >= 0.6 is 0 Å². The fourth-order valence-electron chi connectivity index (χ4n) is 3.56. The molecule has 0 bridgehead atoms. The van der Waals surface area contributed by atoms with Crippen molar-refractivity contribution in [3.8, 4) is 0 Å². The minimum absolute atomic E-state index is 0.0753. The van der Waals surface area contributed by atoms with E-state index >= 15 is 0 Å². The van der Waals surface area contributed by atoms with Gasteiger partial charge in [-0.05, 0) is 25.7 Å². The van der Waals surface area contributed by atoms with E-state index in [2.05, 4.69) is 10.2 Å². The van der Waals surface area contributed by atoms with Gasteiger partial charge in [-0.2, -0.15) is 5.10 Å². The van der Waals surface area contributed by atoms with Gasteiger partial charge in [0.15, 0.2) is 5.82 Å². The van der Waals surface area contributed by atoms with Gasteiger partial charge in [-0.25, -0.2) is 9.89 Å². The lowest BCUT2D eigenvalue weighted by Crippen LogP contribution is -2.39. The summed E-state index contributed by atoms with van der Waals surface area (Å²) in [5.74, 6) is 0.803. The molecular formula is C13H22N4O. The number of hydrogen-bond donors (Lipinski definition) is 2. The first-order chi connectivity index (χ1) is 8.71. The second-order valence-electron chi connectivity index (χ2n) is 5.88. The van der Waals surface area contributed by atoms with Gasteiger partial charge in [-0.15, -0.1) is 0 Å². The SMILES string of the molecule is NC1(c2n[nH]c(=O)n2C2CCCCC2)CCCC1. The van der Waals surface area contributed by atoms with Gasteiger partial charge in [0.1, 0.15) is 0 Å². The molecule has 0 aliphatic heterocycles. The Labute approximate surface area is 107 Å². The van der Waals surface area contributed by atoms with Crippen LogP contribution in [-0.2, 0) is 5.54 Å². The average molecular weight is 250 g/mol. The van der Waals surface area contributed by atoms with Gasteiger partial charge in [-0.1, -0.05) is 32.1 Å². The second kappa shape index (κ2) is 4.53. The van der Waals surface area contributed by atoms with Gasteiger partial charge in [0.05, 0.1) is 5.54 Å². The number of nitrogens with one attached hydrogen (secondary N) is 1. The molecule has 1 aromatic rings. The Kier molecular flexibility index (Phi) is 3.01. The number of aromatic amines is 1. The predicted molar refractivity (Wildman–Crippen MR) is 69.3 cm³/mol. The van der Waals surface area contributed by atoms with Crippen molar-refractivity contribution < 1.29 is 0 Å². The Morgan fingerprint density at radius 2 is 1.83 bits per heavy atom. The number of H-pyrrole nitrogens is 1. The normalized spacial score (nSPS) is 24.5. The van der Waals surface area contributed by atoms with Crippen LogP contribution in [0.25, 0.3) is 0 Å². The maximum Gasteiger partial charge on any atom is 0.343 e. The van der Waals surface area contributed by atoms with Crippen LogP contribution in [0.3, 0.4) is 0 Å². The van der Waals surface area contributed by atoms with E-state index in [-0.39, 0.29) is 11.2 Å². The van der Waals surface area contributed by atoms with Gasteiger partial charge in [-0.3, -0.25) is 4.57 Å². The lowest BCUT2D eigenvalue weighted by Gasteiger charge is -2.28. The van der Waals surface area contributed by atoms with Crippen molar-refractivity contribution >= 4 is 0 Å². The summed E-state index contributed by atoms with van der Waals surface area (Å²) >= 11 is 0. The van der Waals surface area contributed by atoms with Crippen LogP contribution in [0.2, 0.25) is 0 Å². The molecule has 2 fully saturated rings. The summed E-state index contributed by atoms with van der Waals surface area (Å²) in [4.78, 5) is 12.0. The molecule has 0 atom stereocenters. The molecule has 3 N–H and O–H groups in total. The first-order valence-corrected chi connectivity index (χ1v) is 7.17. The number of nitrogens with zero attached hydrogens (tertiary/aromatic N) is 2. The molecule has 100 valence electrons. The van der Waals surface area contributed by atoms with Crippen LogP contribution in [0.4, 0.5) is 0 Å². The largest absolute Gasteiger partial charge is 0.343 e. The maximum absolute atomic E-state index is 12.0. The van der Waals surface area contributed by atoms with Crippen molar-refractivity contribution in [2.45, 2.75) is 69.4 Å². The summed E-state index contributed by atoms with van der Waals surface area (Å²) < 4.78 is 1.87. The molecule has 2 saturated carbocycles. The summed E-state index contributed by atoms with van der Waals surface area (Å²) in [6.07, 6.45) is 10.0. The smallest absolute Gasteiger partial charge is 0.319 e. The van der Waals surface area contributed by atoms with E-state index in [1.54, 1.807) is 0 Å². The van der Waals surface area contributed by atoms with Crippen molar-refractivity contribution in [2.75, 3.05) is 0 Å². The highest BCUT2D eigenvalue weighted by atomic mass is 16.1. The van der Waals surface area contributed by atoms with Gasteiger partial charge < -0.3 is 5.73 Å². The minimum atomic E-state index is -0.378. The van der Waals surface area contributed by atoms with Crippen LogP contribution in [0.5, 0.6) is 0 Å².